The van der Waals surface area contributed by atoms with Gasteiger partial charge in [-0.3, -0.25) is 0 Å². The van der Waals surface area contributed by atoms with E-state index in [-0.39, 0.29) is 45.8 Å². The van der Waals surface area contributed by atoms with E-state index in [1.165, 1.54) is 5.92 Å². The molecule has 0 bridgehead atoms. The number of rotatable bonds is 6. The van der Waals surface area contributed by atoms with Gasteiger partial charge in [-0.2, -0.15) is 0 Å². The van der Waals surface area contributed by atoms with Crippen molar-refractivity contribution < 1.29 is 40.4 Å². The van der Waals surface area contributed by atoms with Crippen molar-refractivity contribution in [1.82, 2.24) is 0 Å². The average Bonchev–Trinajstić information content (AvgIpc) is 3.26. The summed E-state index contributed by atoms with van der Waals surface area (Å²) in [4.78, 5) is 0. The Morgan fingerprint density at radius 3 is 1.26 bits per heavy atom. The largest absolute Gasteiger partial charge is 3.00 e. The van der Waals surface area contributed by atoms with E-state index in [2.05, 4.69) is 164 Å². The van der Waals surface area contributed by atoms with Crippen molar-refractivity contribution in [3.8, 4) is 0 Å². The summed E-state index contributed by atoms with van der Waals surface area (Å²) in [5, 5.41) is 0.376. The second-order valence-corrected chi connectivity index (χ2v) is 43.2. The Labute approximate surface area is 281 Å². The Morgan fingerprint density at radius 1 is 0.553 bits per heavy atom. The molecule has 6 heteroatoms. The minimum atomic E-state index is -1.73. The molecule has 0 aromatic heterocycles. The molecule has 2 rings (SSSR count). The van der Waals surface area contributed by atoms with Crippen LogP contribution < -0.4 is 0 Å². The maximum absolute atomic E-state index is 2.67. The second-order valence-electron chi connectivity index (χ2n) is 17.8. The van der Waals surface area contributed by atoms with Gasteiger partial charge in [0.05, 0.1) is 24.2 Å². The van der Waals surface area contributed by atoms with Crippen molar-refractivity contribution in [3.05, 3.63) is 65.9 Å². The molecule has 0 N–H and O–H groups in total. The molecule has 215 valence electrons. The van der Waals surface area contributed by atoms with E-state index in [0.717, 1.165) is 0 Å². The van der Waals surface area contributed by atoms with Crippen LogP contribution in [0, 0.1) is 112 Å². The molecule has 0 aromatic carbocycles. The summed E-state index contributed by atoms with van der Waals surface area (Å²) in [5.74, 6) is 1.48. The van der Waals surface area contributed by atoms with Gasteiger partial charge in [0.15, 0.2) is 0 Å². The van der Waals surface area contributed by atoms with Gasteiger partial charge in [-0.05, 0) is 70.6 Å². The van der Waals surface area contributed by atoms with Crippen molar-refractivity contribution in [2.75, 3.05) is 0 Å². The van der Waals surface area contributed by atoms with Gasteiger partial charge in [0.25, 0.3) is 0 Å². The van der Waals surface area contributed by atoms with Crippen molar-refractivity contribution in [3.63, 3.8) is 0 Å². The normalized spacial score (nSPS) is 20.9. The molecular formula is C32H63Si5Sm+2. The van der Waals surface area contributed by atoms with Gasteiger partial charge in [-0.15, -0.1) is 16.1 Å². The van der Waals surface area contributed by atoms with E-state index >= 15 is 0 Å². The summed E-state index contributed by atoms with van der Waals surface area (Å²) in [7, 11) is -6.38. The fourth-order valence-electron chi connectivity index (χ4n) is 5.19. The predicted molar refractivity (Wildman–Crippen MR) is 186 cm³/mol. The second kappa shape index (κ2) is 13.6. The summed E-state index contributed by atoms with van der Waals surface area (Å²) >= 11 is 0. The summed E-state index contributed by atoms with van der Waals surface area (Å²) in [6.07, 6.45) is 12.6. The van der Waals surface area contributed by atoms with Crippen LogP contribution in [-0.2, 0) is 0 Å². The van der Waals surface area contributed by atoms with E-state index in [9.17, 15) is 0 Å². The molecule has 0 spiro atoms. The zero-order valence-corrected chi connectivity index (χ0v) is 36.5. The third kappa shape index (κ3) is 11.5. The summed E-state index contributed by atoms with van der Waals surface area (Å²) in [6.45, 7) is 46.6. The first-order valence-corrected chi connectivity index (χ1v) is 31.1. The Bertz CT molecular complexity index is 713. The molecule has 2 saturated carbocycles. The van der Waals surface area contributed by atoms with Crippen LogP contribution in [0.15, 0.2) is 0 Å². The fraction of sp³-hybridized carbons (Fsp3) is 0.656. The third-order valence-electron chi connectivity index (χ3n) is 8.18. The molecule has 0 aromatic rings. The summed E-state index contributed by atoms with van der Waals surface area (Å²) < 4.78 is 0. The first kappa shape index (κ1) is 40.4. The average molecular weight is 739 g/mol. The molecule has 0 heterocycles. The summed E-state index contributed by atoms with van der Waals surface area (Å²) in [5.41, 5.74) is 9.60. The molecule has 0 unspecified atom stereocenters. The van der Waals surface area contributed by atoms with Gasteiger partial charge in [0.2, 0.25) is 0 Å². The van der Waals surface area contributed by atoms with Crippen molar-refractivity contribution in [1.29, 1.82) is 0 Å². The third-order valence-corrected chi connectivity index (χ3v) is 26.4. The zero-order chi connectivity index (χ0) is 29.6. The van der Waals surface area contributed by atoms with Crippen LogP contribution in [0.25, 0.3) is 0 Å². The molecular weight excluding hydrogens is 675 g/mol. The molecule has 2 aliphatic carbocycles. The van der Waals surface area contributed by atoms with Crippen molar-refractivity contribution in [2.45, 2.75) is 132 Å². The van der Waals surface area contributed by atoms with Crippen LogP contribution in [0.3, 0.4) is 0 Å². The molecule has 0 amide bonds. The van der Waals surface area contributed by atoms with E-state index in [1.54, 1.807) is 22.2 Å². The smallest absolute Gasteiger partial charge is 0.327 e. The maximum Gasteiger partial charge on any atom is 3.00 e. The van der Waals surface area contributed by atoms with Crippen molar-refractivity contribution >= 4 is 40.4 Å². The summed E-state index contributed by atoms with van der Waals surface area (Å²) in [6, 6.07) is 0. The molecule has 0 atom stereocenters. The van der Waals surface area contributed by atoms with Gasteiger partial charge in [0, 0.05) is 0 Å². The van der Waals surface area contributed by atoms with Gasteiger partial charge in [0.1, 0.15) is 0 Å². The van der Waals surface area contributed by atoms with Crippen molar-refractivity contribution in [2.24, 2.45) is 5.41 Å². The predicted octanol–water partition coefficient (Wildman–Crippen LogP) is 10.6. The van der Waals surface area contributed by atoms with Gasteiger partial charge in [-0.25, -0.2) is 0 Å². The number of hydrogen-bond donors (Lipinski definition) is 0. The van der Waals surface area contributed by atoms with Crippen LogP contribution in [0.1, 0.15) is 41.5 Å². The van der Waals surface area contributed by atoms with Crippen LogP contribution in [0.2, 0.25) is 90.1 Å². The van der Waals surface area contributed by atoms with Crippen LogP contribution in [0.5, 0.6) is 0 Å². The van der Waals surface area contributed by atoms with E-state index in [4.69, 9.17) is 0 Å². The standard InChI is InChI=1S/C25H44Si3.C7H19Si2.Sm/c1-24(2,3)19-14-15-20(16-19)27(10,11)23-18-21(17-22(23)26(7,8)9)28(12,13)25(4,5)6;1-8(2,3)7-9(4,5)6;/h14-18H,1-13H3;7H,1-6H3;/q;-1;+3. The van der Waals surface area contributed by atoms with Crippen LogP contribution in [-0.4, -0.2) is 40.4 Å². The fourth-order valence-corrected chi connectivity index (χ4v) is 23.9. The first-order valence-electron chi connectivity index (χ1n) is 14.5. The first-order chi connectivity index (χ1) is 16.0. The SMILES string of the molecule is CC(C)(C)[C]1[CH][CH][C]([Si](C)(C)[C]2[CH][C]([Si](C)(C)C(C)(C)C)[CH][C]2[Si](C)(C)C)[CH]1.C[Si](C)(C)[CH-][Si](C)(C)C.[Sm+3]. The van der Waals surface area contributed by atoms with E-state index in [1.807, 2.05) is 0 Å². The maximum atomic E-state index is 2.67. The quantitative estimate of drug-likeness (QED) is 0.188. The monoisotopic (exact) mass is 739 g/mol. The van der Waals surface area contributed by atoms with Crippen LogP contribution in [0.4, 0.5) is 0 Å². The Hall–Kier alpha value is 2.42. The van der Waals surface area contributed by atoms with Gasteiger partial charge < -0.3 is 5.67 Å². The Morgan fingerprint density at radius 2 is 0.974 bits per heavy atom. The zero-order valence-electron chi connectivity index (χ0n) is 28.9. The van der Waals surface area contributed by atoms with E-state index in [0.29, 0.717) is 5.04 Å². The molecule has 38 heavy (non-hydrogen) atoms. The molecule has 0 nitrogen and oxygen atoms in total. The molecule has 2 aliphatic rings. The minimum absolute atomic E-state index is 0. The molecule has 11 radical (unpaired) electrons. The van der Waals surface area contributed by atoms with Gasteiger partial charge in [-0.1, -0.05) is 127 Å². The minimum Gasteiger partial charge on any atom is -0.327 e. The Balaban J connectivity index is 0.00000118. The van der Waals surface area contributed by atoms with E-state index < -0.39 is 40.4 Å². The molecule has 0 aliphatic heterocycles. The Kier molecular flexibility index (Phi) is 14.5. The van der Waals surface area contributed by atoms with Crippen LogP contribution >= 0.6 is 0 Å². The van der Waals surface area contributed by atoms with Gasteiger partial charge >= 0.3 is 40.4 Å². The molecule has 0 saturated heterocycles. The number of hydrogen-bond acceptors (Lipinski definition) is 0. The topological polar surface area (TPSA) is 0 Å². The molecule has 2 fully saturated rings.